The van der Waals surface area contributed by atoms with E-state index >= 15 is 0 Å². The van der Waals surface area contributed by atoms with Crippen LogP contribution in [0.5, 0.6) is 0 Å². The minimum Gasteiger partial charge on any atom is -0.0654 e. The number of aryl methyl sites for hydroxylation is 1. The molecule has 0 N–H and O–H groups in total. The molecule has 0 fully saturated rings. The zero-order valence-corrected chi connectivity index (χ0v) is 37.9. The van der Waals surface area contributed by atoms with Crippen LogP contribution < -0.4 is 0 Å². The van der Waals surface area contributed by atoms with E-state index in [9.17, 15) is 0 Å². The first-order chi connectivity index (χ1) is 25.9. The third-order valence-electron chi connectivity index (χ3n) is 13.3. The molecule has 0 bridgehead atoms. The maximum absolute atomic E-state index is 4.03. The fourth-order valence-corrected chi connectivity index (χ4v) is 11.3. The summed E-state index contributed by atoms with van der Waals surface area (Å²) < 4.78 is 2.50. The van der Waals surface area contributed by atoms with Gasteiger partial charge in [0.1, 0.15) is 0 Å². The van der Waals surface area contributed by atoms with Gasteiger partial charge in [-0.3, -0.25) is 0 Å². The van der Waals surface area contributed by atoms with Crippen molar-refractivity contribution in [3.8, 4) is 22.3 Å². The molecule has 2 aliphatic rings. The van der Waals surface area contributed by atoms with Crippen molar-refractivity contribution in [2.75, 3.05) is 0 Å². The molecule has 0 unspecified atom stereocenters. The standard InChI is InChI=1S/C51H74Br2/c1-6-11-16-21-22-27-39-36-46-48(43-31-29-40(52)37-44(43)50(46,32-23-17-12-7-2)33-24-18-13-8-3)49-47(39)42-30-28-41(53)38-45(42)51(49,34-25-19-14-9-4)35-26-20-15-10-5/h28-31,36-38H,6-27,32-35H2,1-5H3. The van der Waals surface area contributed by atoms with Crippen molar-refractivity contribution < 1.29 is 0 Å². The molecule has 0 spiro atoms. The highest BCUT2D eigenvalue weighted by atomic mass is 79.9. The zero-order valence-electron chi connectivity index (χ0n) is 34.7. The van der Waals surface area contributed by atoms with Crippen molar-refractivity contribution in [1.82, 2.24) is 0 Å². The lowest BCUT2D eigenvalue weighted by molar-refractivity contribution is 0.394. The molecule has 2 heteroatoms. The first-order valence-corrected chi connectivity index (χ1v) is 24.3. The number of fused-ring (bicyclic) bond motifs is 7. The van der Waals surface area contributed by atoms with Gasteiger partial charge in [0.15, 0.2) is 0 Å². The Morgan fingerprint density at radius 2 is 0.792 bits per heavy atom. The fourth-order valence-electron chi connectivity index (χ4n) is 10.6. The van der Waals surface area contributed by atoms with Gasteiger partial charge >= 0.3 is 0 Å². The Kier molecular flexibility index (Phi) is 17.1. The van der Waals surface area contributed by atoms with E-state index in [4.69, 9.17) is 0 Å². The molecule has 5 rings (SSSR count). The predicted octanol–water partition coefficient (Wildman–Crippen LogP) is 18.1. The van der Waals surface area contributed by atoms with Crippen LogP contribution in [0.15, 0.2) is 51.4 Å². The van der Waals surface area contributed by atoms with E-state index in [0.717, 1.165) is 0 Å². The van der Waals surface area contributed by atoms with Gasteiger partial charge in [-0.2, -0.15) is 0 Å². The van der Waals surface area contributed by atoms with Crippen molar-refractivity contribution in [2.45, 2.75) is 212 Å². The van der Waals surface area contributed by atoms with Gasteiger partial charge in [0.2, 0.25) is 0 Å². The molecular weight excluding hydrogens is 772 g/mol. The lowest BCUT2D eigenvalue weighted by Gasteiger charge is -2.37. The highest BCUT2D eigenvalue weighted by Gasteiger charge is 2.51. The molecule has 0 saturated carbocycles. The monoisotopic (exact) mass is 844 g/mol. The molecule has 0 aliphatic heterocycles. The Hall–Kier alpha value is -1.38. The molecule has 2 aliphatic carbocycles. The van der Waals surface area contributed by atoms with Crippen LogP contribution >= 0.6 is 31.9 Å². The van der Waals surface area contributed by atoms with Gasteiger partial charge in [-0.1, -0.05) is 213 Å². The summed E-state index contributed by atoms with van der Waals surface area (Å²) in [5.74, 6) is 0. The first kappa shape index (κ1) is 42.8. The van der Waals surface area contributed by atoms with E-state index < -0.39 is 0 Å². The van der Waals surface area contributed by atoms with Gasteiger partial charge in [-0.05, 0) is 113 Å². The summed E-state index contributed by atoms with van der Waals surface area (Å²) in [7, 11) is 0. The summed E-state index contributed by atoms with van der Waals surface area (Å²) >= 11 is 8.05. The number of unbranched alkanes of at least 4 members (excludes halogenated alkanes) is 16. The van der Waals surface area contributed by atoms with E-state index in [-0.39, 0.29) is 10.8 Å². The zero-order chi connectivity index (χ0) is 37.7. The van der Waals surface area contributed by atoms with Gasteiger partial charge < -0.3 is 0 Å². The predicted molar refractivity (Wildman–Crippen MR) is 242 cm³/mol. The minimum absolute atomic E-state index is 0.0586. The number of rotatable bonds is 26. The smallest absolute Gasteiger partial charge is 0.0222 e. The van der Waals surface area contributed by atoms with Crippen LogP contribution in [-0.2, 0) is 17.3 Å². The van der Waals surface area contributed by atoms with Crippen LogP contribution in [0.25, 0.3) is 22.3 Å². The summed E-state index contributed by atoms with van der Waals surface area (Å²) in [5.41, 5.74) is 15.0. The van der Waals surface area contributed by atoms with Crippen molar-refractivity contribution >= 4 is 31.9 Å². The highest BCUT2D eigenvalue weighted by Crippen LogP contribution is 2.65. The van der Waals surface area contributed by atoms with E-state index in [1.54, 1.807) is 50.1 Å². The maximum Gasteiger partial charge on any atom is 0.0222 e. The van der Waals surface area contributed by atoms with Gasteiger partial charge in [0, 0.05) is 19.8 Å². The van der Waals surface area contributed by atoms with Crippen molar-refractivity contribution in [1.29, 1.82) is 0 Å². The molecule has 0 nitrogen and oxygen atoms in total. The van der Waals surface area contributed by atoms with Crippen LogP contribution in [0.2, 0.25) is 0 Å². The quantitative estimate of drug-likeness (QED) is 0.0706. The third kappa shape index (κ3) is 9.60. The molecule has 0 atom stereocenters. The van der Waals surface area contributed by atoms with E-state index in [1.165, 1.54) is 176 Å². The minimum atomic E-state index is 0.0586. The number of hydrogen-bond acceptors (Lipinski definition) is 0. The highest BCUT2D eigenvalue weighted by molar-refractivity contribution is 9.10. The summed E-state index contributed by atoms with van der Waals surface area (Å²) in [6, 6.07) is 17.8. The van der Waals surface area contributed by atoms with Crippen LogP contribution in [0, 0.1) is 0 Å². The summed E-state index contributed by atoms with van der Waals surface area (Å²) in [6.45, 7) is 11.8. The topological polar surface area (TPSA) is 0 Å². The molecule has 3 aromatic rings. The Balaban J connectivity index is 1.82. The molecule has 0 radical (unpaired) electrons. The lowest BCUT2D eigenvalue weighted by atomic mass is 9.66. The molecule has 0 saturated heterocycles. The second-order valence-corrected chi connectivity index (χ2v) is 19.0. The van der Waals surface area contributed by atoms with Gasteiger partial charge in [-0.25, -0.2) is 0 Å². The first-order valence-electron chi connectivity index (χ1n) is 22.7. The summed E-state index contributed by atoms with van der Waals surface area (Å²) in [5, 5.41) is 0. The Morgan fingerprint density at radius 1 is 0.396 bits per heavy atom. The van der Waals surface area contributed by atoms with Crippen LogP contribution in [0.3, 0.4) is 0 Å². The van der Waals surface area contributed by atoms with E-state index in [2.05, 4.69) is 109 Å². The third-order valence-corrected chi connectivity index (χ3v) is 14.3. The summed E-state index contributed by atoms with van der Waals surface area (Å²) in [4.78, 5) is 0. The van der Waals surface area contributed by atoms with Crippen molar-refractivity contribution in [3.63, 3.8) is 0 Å². The van der Waals surface area contributed by atoms with Crippen molar-refractivity contribution in [3.05, 3.63) is 79.2 Å². The Labute approximate surface area is 343 Å². The van der Waals surface area contributed by atoms with Gasteiger partial charge in [-0.15, -0.1) is 0 Å². The van der Waals surface area contributed by atoms with Gasteiger partial charge in [0.25, 0.3) is 0 Å². The normalized spacial score (nSPS) is 14.7. The van der Waals surface area contributed by atoms with Gasteiger partial charge in [0.05, 0.1) is 0 Å². The molecule has 0 amide bonds. The van der Waals surface area contributed by atoms with Crippen LogP contribution in [0.1, 0.15) is 223 Å². The number of benzene rings is 3. The van der Waals surface area contributed by atoms with Crippen LogP contribution in [-0.4, -0.2) is 0 Å². The lowest BCUT2D eigenvalue weighted by Crippen LogP contribution is -2.28. The molecule has 292 valence electrons. The second kappa shape index (κ2) is 21.2. The average molecular weight is 847 g/mol. The van der Waals surface area contributed by atoms with Crippen LogP contribution in [0.4, 0.5) is 0 Å². The molecule has 3 aromatic carbocycles. The Morgan fingerprint density at radius 3 is 1.26 bits per heavy atom. The second-order valence-electron chi connectivity index (χ2n) is 17.2. The number of halogens is 2. The number of hydrogen-bond donors (Lipinski definition) is 0. The largest absolute Gasteiger partial charge is 0.0654 e. The molecule has 0 heterocycles. The summed E-state index contributed by atoms with van der Waals surface area (Å²) in [6.07, 6.45) is 34.2. The van der Waals surface area contributed by atoms with E-state index in [1.807, 2.05) is 0 Å². The SMILES string of the molecule is CCCCCCCc1cc2c(c3c1-c1ccc(Br)cc1C3(CCCCCC)CCCCCC)-c1ccc(Br)cc1C2(CCCCCC)CCCCCC. The van der Waals surface area contributed by atoms with E-state index in [0.29, 0.717) is 0 Å². The maximum atomic E-state index is 4.03. The molecule has 0 aromatic heterocycles. The average Bonchev–Trinajstić information content (AvgIpc) is 3.58. The molecular formula is C51H74Br2. The molecule has 53 heavy (non-hydrogen) atoms. The van der Waals surface area contributed by atoms with Crippen molar-refractivity contribution in [2.24, 2.45) is 0 Å². The Bertz CT molecular complexity index is 1560. The fraction of sp³-hybridized carbons (Fsp3) is 0.647.